The number of nitrogens with zero attached hydrogens (tertiary/aromatic N) is 2. The number of hydrogen-bond acceptors (Lipinski definition) is 5. The molecule has 1 N–H and O–H groups in total. The zero-order chi connectivity index (χ0) is 16.7. The van der Waals surface area contributed by atoms with Crippen LogP contribution in [0.1, 0.15) is 26.0 Å². The van der Waals surface area contributed by atoms with Crippen LogP contribution in [0, 0.1) is 6.92 Å². The largest absolute Gasteiger partial charge is 0.382 e. The molecule has 124 valence electrons. The van der Waals surface area contributed by atoms with Gasteiger partial charge in [-0.2, -0.15) is 0 Å². The zero-order valence-electron chi connectivity index (χ0n) is 13.8. The Morgan fingerprint density at radius 1 is 1.30 bits per heavy atom. The normalized spacial score (nSPS) is 12.3. The number of amides is 1. The highest BCUT2D eigenvalue weighted by atomic mass is 32.2. The van der Waals surface area contributed by atoms with Gasteiger partial charge in [0.1, 0.15) is 5.03 Å². The molecule has 0 spiro atoms. The number of aryl methyl sites for hydroxylation is 1. The van der Waals surface area contributed by atoms with Gasteiger partial charge < -0.3 is 10.1 Å². The summed E-state index contributed by atoms with van der Waals surface area (Å²) in [6.07, 6.45) is 0.825. The van der Waals surface area contributed by atoms with Crippen molar-refractivity contribution in [2.24, 2.45) is 0 Å². The SMILES string of the molecule is CCOCCCNC(=O)C(C)Sc1nc2ccccc2nc1C. The molecule has 0 fully saturated rings. The van der Waals surface area contributed by atoms with E-state index in [0.717, 1.165) is 28.2 Å². The van der Waals surface area contributed by atoms with Crippen molar-refractivity contribution < 1.29 is 9.53 Å². The molecule has 1 amide bonds. The Hall–Kier alpha value is -1.66. The van der Waals surface area contributed by atoms with Crippen molar-refractivity contribution in [3.8, 4) is 0 Å². The Labute approximate surface area is 141 Å². The number of rotatable bonds is 8. The summed E-state index contributed by atoms with van der Waals surface area (Å²) in [6, 6.07) is 7.76. The van der Waals surface area contributed by atoms with E-state index in [4.69, 9.17) is 4.74 Å². The third kappa shape index (κ3) is 5.18. The van der Waals surface area contributed by atoms with E-state index in [1.165, 1.54) is 11.8 Å². The Bertz CT molecular complexity index is 663. The smallest absolute Gasteiger partial charge is 0.233 e. The summed E-state index contributed by atoms with van der Waals surface area (Å²) in [4.78, 5) is 21.3. The van der Waals surface area contributed by atoms with Crippen molar-refractivity contribution in [2.45, 2.75) is 37.5 Å². The molecule has 0 aliphatic heterocycles. The molecule has 0 aliphatic carbocycles. The average Bonchev–Trinajstić information content (AvgIpc) is 2.55. The second-order valence-electron chi connectivity index (χ2n) is 5.20. The molecule has 1 aromatic heterocycles. The molecule has 0 radical (unpaired) electrons. The van der Waals surface area contributed by atoms with Gasteiger partial charge in [0, 0.05) is 19.8 Å². The van der Waals surface area contributed by atoms with Crippen LogP contribution >= 0.6 is 11.8 Å². The first kappa shape index (κ1) is 17.7. The van der Waals surface area contributed by atoms with Crippen molar-refractivity contribution >= 4 is 28.7 Å². The van der Waals surface area contributed by atoms with E-state index in [2.05, 4.69) is 15.3 Å². The molecular formula is C17H23N3O2S. The Balaban J connectivity index is 1.92. The summed E-state index contributed by atoms with van der Waals surface area (Å²) in [5.74, 6) is 0.0147. The van der Waals surface area contributed by atoms with Gasteiger partial charge in [0.25, 0.3) is 0 Å². The minimum Gasteiger partial charge on any atom is -0.382 e. The van der Waals surface area contributed by atoms with Gasteiger partial charge in [-0.1, -0.05) is 23.9 Å². The third-order valence-electron chi connectivity index (χ3n) is 3.33. The molecule has 1 atom stereocenters. The zero-order valence-corrected chi connectivity index (χ0v) is 14.7. The van der Waals surface area contributed by atoms with Crippen molar-refractivity contribution in [3.63, 3.8) is 0 Å². The van der Waals surface area contributed by atoms with Crippen LogP contribution in [0.3, 0.4) is 0 Å². The maximum atomic E-state index is 12.1. The van der Waals surface area contributed by atoms with Crippen molar-refractivity contribution in [1.82, 2.24) is 15.3 Å². The number of carbonyl (C=O) groups excluding carboxylic acids is 1. The van der Waals surface area contributed by atoms with Gasteiger partial charge in [-0.05, 0) is 39.3 Å². The number of hydrogen-bond donors (Lipinski definition) is 1. The van der Waals surface area contributed by atoms with Gasteiger partial charge in [0.15, 0.2) is 0 Å². The van der Waals surface area contributed by atoms with E-state index in [1.807, 2.05) is 45.0 Å². The molecule has 1 heterocycles. The van der Waals surface area contributed by atoms with Gasteiger partial charge in [-0.3, -0.25) is 4.79 Å². The minimum atomic E-state index is -0.212. The standard InChI is InChI=1S/C17H23N3O2S/c1-4-22-11-7-10-18-16(21)13(3)23-17-12(2)19-14-8-5-6-9-15(14)20-17/h5-6,8-9,13H,4,7,10-11H2,1-3H3,(H,18,21). The fourth-order valence-electron chi connectivity index (χ4n) is 2.08. The second kappa shape index (κ2) is 8.84. The van der Waals surface area contributed by atoms with Crippen LogP contribution in [0.25, 0.3) is 11.0 Å². The third-order valence-corrected chi connectivity index (χ3v) is 4.51. The van der Waals surface area contributed by atoms with Crippen molar-refractivity contribution in [1.29, 1.82) is 0 Å². The number of benzene rings is 1. The first-order valence-electron chi connectivity index (χ1n) is 7.87. The monoisotopic (exact) mass is 333 g/mol. The molecule has 1 aromatic carbocycles. The molecule has 0 saturated heterocycles. The molecule has 0 aliphatic rings. The number of thioether (sulfide) groups is 1. The molecule has 1 unspecified atom stereocenters. The molecule has 6 heteroatoms. The van der Waals surface area contributed by atoms with Crippen molar-refractivity contribution in [2.75, 3.05) is 19.8 Å². The highest BCUT2D eigenvalue weighted by Crippen LogP contribution is 2.25. The van der Waals surface area contributed by atoms with Gasteiger partial charge in [0.2, 0.25) is 5.91 Å². The predicted molar refractivity (Wildman–Crippen MR) is 93.7 cm³/mol. The minimum absolute atomic E-state index is 0.0147. The van der Waals surface area contributed by atoms with E-state index in [-0.39, 0.29) is 11.2 Å². The summed E-state index contributed by atoms with van der Waals surface area (Å²) in [7, 11) is 0. The summed E-state index contributed by atoms with van der Waals surface area (Å²) >= 11 is 1.44. The Morgan fingerprint density at radius 3 is 2.70 bits per heavy atom. The first-order chi connectivity index (χ1) is 11.1. The lowest BCUT2D eigenvalue weighted by atomic mass is 10.3. The van der Waals surface area contributed by atoms with Crippen LogP contribution in [0.15, 0.2) is 29.3 Å². The number of aromatic nitrogens is 2. The van der Waals surface area contributed by atoms with E-state index in [9.17, 15) is 4.79 Å². The summed E-state index contributed by atoms with van der Waals surface area (Å²) in [5.41, 5.74) is 2.58. The van der Waals surface area contributed by atoms with Crippen LogP contribution in [0.2, 0.25) is 0 Å². The summed E-state index contributed by atoms with van der Waals surface area (Å²) < 4.78 is 5.25. The maximum absolute atomic E-state index is 12.1. The van der Waals surface area contributed by atoms with E-state index < -0.39 is 0 Å². The van der Waals surface area contributed by atoms with Crippen LogP contribution in [-0.4, -0.2) is 40.9 Å². The lowest BCUT2D eigenvalue weighted by Gasteiger charge is -2.13. The highest BCUT2D eigenvalue weighted by Gasteiger charge is 2.17. The van der Waals surface area contributed by atoms with Gasteiger partial charge >= 0.3 is 0 Å². The molecule has 0 bridgehead atoms. The van der Waals surface area contributed by atoms with E-state index in [1.54, 1.807) is 0 Å². The van der Waals surface area contributed by atoms with Crippen molar-refractivity contribution in [3.05, 3.63) is 30.0 Å². The fourth-order valence-corrected chi connectivity index (χ4v) is 2.97. The fraction of sp³-hybridized carbons (Fsp3) is 0.471. The Kier molecular flexibility index (Phi) is 6.80. The van der Waals surface area contributed by atoms with E-state index >= 15 is 0 Å². The number of para-hydroxylation sites is 2. The van der Waals surface area contributed by atoms with Gasteiger partial charge in [0.05, 0.1) is 22.0 Å². The molecule has 5 nitrogen and oxygen atoms in total. The number of nitrogens with one attached hydrogen (secondary N) is 1. The van der Waals surface area contributed by atoms with Crippen LogP contribution in [-0.2, 0) is 9.53 Å². The van der Waals surface area contributed by atoms with Gasteiger partial charge in [-0.25, -0.2) is 9.97 Å². The van der Waals surface area contributed by atoms with Gasteiger partial charge in [-0.15, -0.1) is 0 Å². The van der Waals surface area contributed by atoms with Crippen LogP contribution in [0.5, 0.6) is 0 Å². The number of fused-ring (bicyclic) bond motifs is 1. The first-order valence-corrected chi connectivity index (χ1v) is 8.75. The highest BCUT2D eigenvalue weighted by molar-refractivity contribution is 8.00. The molecule has 2 aromatic rings. The number of ether oxygens (including phenoxy) is 1. The van der Waals surface area contributed by atoms with E-state index in [0.29, 0.717) is 19.8 Å². The molecule has 2 rings (SSSR count). The maximum Gasteiger partial charge on any atom is 0.233 e. The molecular weight excluding hydrogens is 310 g/mol. The lowest BCUT2D eigenvalue weighted by Crippen LogP contribution is -2.32. The second-order valence-corrected chi connectivity index (χ2v) is 6.53. The lowest BCUT2D eigenvalue weighted by molar-refractivity contribution is -0.120. The Morgan fingerprint density at radius 2 is 2.00 bits per heavy atom. The van der Waals surface area contributed by atoms with Crippen LogP contribution in [0.4, 0.5) is 0 Å². The number of carbonyl (C=O) groups is 1. The van der Waals surface area contributed by atoms with Crippen LogP contribution < -0.4 is 5.32 Å². The molecule has 0 saturated carbocycles. The average molecular weight is 333 g/mol. The quantitative estimate of drug-likeness (QED) is 0.594. The summed E-state index contributed by atoms with van der Waals surface area (Å²) in [6.45, 7) is 7.79. The molecule has 23 heavy (non-hydrogen) atoms. The topological polar surface area (TPSA) is 64.1 Å². The summed E-state index contributed by atoms with van der Waals surface area (Å²) in [5, 5.41) is 3.52. The predicted octanol–water partition coefficient (Wildman–Crippen LogP) is 2.96.